The highest BCUT2D eigenvalue weighted by atomic mass is 32.1. The lowest BCUT2D eigenvalue weighted by molar-refractivity contribution is 0.366. The largest absolute Gasteiger partial charge is 0.339 e. The summed E-state index contributed by atoms with van der Waals surface area (Å²) in [7, 11) is 0. The predicted octanol–water partition coefficient (Wildman–Crippen LogP) is 1.10. The van der Waals surface area contributed by atoms with Crippen LogP contribution in [0.4, 0.5) is 0 Å². The van der Waals surface area contributed by atoms with Gasteiger partial charge in [-0.25, -0.2) is 0 Å². The maximum absolute atomic E-state index is 4.78. The summed E-state index contributed by atoms with van der Waals surface area (Å²) in [6, 6.07) is 0. The van der Waals surface area contributed by atoms with Gasteiger partial charge in [0.1, 0.15) is 0 Å². The van der Waals surface area contributed by atoms with Gasteiger partial charge >= 0.3 is 0 Å². The molecule has 0 aliphatic carbocycles. The lowest BCUT2D eigenvalue weighted by Gasteiger charge is -1.97. The molecule has 1 heterocycles. The first-order chi connectivity index (χ1) is 4.34. The quantitative estimate of drug-likeness (QED) is 0.632. The van der Waals surface area contributed by atoms with E-state index in [9.17, 15) is 0 Å². The summed E-state index contributed by atoms with van der Waals surface area (Å²) in [5.41, 5.74) is 0. The van der Waals surface area contributed by atoms with Crippen LogP contribution in [0, 0.1) is 0 Å². The Bertz CT molecular complexity index is 163. The fourth-order valence-electron chi connectivity index (χ4n) is 0.477. The third-order valence-electron chi connectivity index (χ3n) is 1.07. The molecule has 1 rings (SSSR count). The highest BCUT2D eigenvalue weighted by Crippen LogP contribution is 2.11. The Labute approximate surface area is 58.9 Å². The van der Waals surface area contributed by atoms with Crippen molar-refractivity contribution in [1.82, 2.24) is 10.1 Å². The third-order valence-corrected chi connectivity index (χ3v) is 1.62. The third kappa shape index (κ3) is 1.45. The first-order valence-corrected chi connectivity index (χ1v) is 3.35. The van der Waals surface area contributed by atoms with Gasteiger partial charge in [-0.05, 0) is 0 Å². The van der Waals surface area contributed by atoms with Gasteiger partial charge in [-0.1, -0.05) is 12.1 Å². The summed E-state index contributed by atoms with van der Waals surface area (Å²) in [5, 5.41) is 3.47. The summed E-state index contributed by atoms with van der Waals surface area (Å²) < 4.78 is 4.78. The highest BCUT2D eigenvalue weighted by molar-refractivity contribution is 7.80. The van der Waals surface area contributed by atoms with Crippen molar-refractivity contribution in [3.05, 3.63) is 12.2 Å². The number of rotatable bonds is 2. The zero-order valence-electron chi connectivity index (χ0n) is 5.11. The number of nitrogens with zero attached hydrogens (tertiary/aromatic N) is 2. The molecule has 1 aromatic heterocycles. The van der Waals surface area contributed by atoms with Crippen molar-refractivity contribution in [3.8, 4) is 0 Å². The molecule has 1 aromatic rings. The van der Waals surface area contributed by atoms with E-state index in [0.717, 1.165) is 5.75 Å². The average molecular weight is 144 g/mol. The number of aromatic nitrogens is 2. The van der Waals surface area contributed by atoms with Crippen molar-refractivity contribution >= 4 is 12.6 Å². The fraction of sp³-hybridized carbons (Fsp3) is 0.600. The van der Waals surface area contributed by atoms with Crippen molar-refractivity contribution in [2.45, 2.75) is 12.8 Å². The molecule has 0 bridgehead atoms. The first kappa shape index (κ1) is 6.61. The lowest BCUT2D eigenvalue weighted by atomic mass is 10.2. The molecule has 1 atom stereocenters. The molecule has 0 spiro atoms. The second-order valence-corrected chi connectivity index (χ2v) is 2.23. The number of hydrogen-bond acceptors (Lipinski definition) is 4. The maximum Gasteiger partial charge on any atom is 0.230 e. The summed E-state index contributed by atoms with van der Waals surface area (Å²) in [6.07, 6.45) is 1.40. The van der Waals surface area contributed by atoms with E-state index in [0.29, 0.717) is 5.89 Å². The SMILES string of the molecule is CC(CS)c1ncno1. The van der Waals surface area contributed by atoms with Gasteiger partial charge in [-0.2, -0.15) is 17.6 Å². The van der Waals surface area contributed by atoms with E-state index in [2.05, 4.69) is 22.8 Å². The van der Waals surface area contributed by atoms with E-state index in [1.807, 2.05) is 6.92 Å². The number of hydrogen-bond donors (Lipinski definition) is 1. The molecule has 9 heavy (non-hydrogen) atoms. The number of thiol groups is 1. The fourth-order valence-corrected chi connectivity index (χ4v) is 0.633. The van der Waals surface area contributed by atoms with Gasteiger partial charge < -0.3 is 4.52 Å². The van der Waals surface area contributed by atoms with E-state index < -0.39 is 0 Å². The normalized spacial score (nSPS) is 13.6. The molecule has 0 saturated carbocycles. The molecule has 0 fully saturated rings. The minimum Gasteiger partial charge on any atom is -0.339 e. The van der Waals surface area contributed by atoms with Crippen LogP contribution in [0.1, 0.15) is 18.7 Å². The molecule has 1 unspecified atom stereocenters. The van der Waals surface area contributed by atoms with Gasteiger partial charge in [0.15, 0.2) is 6.33 Å². The van der Waals surface area contributed by atoms with Crippen LogP contribution in [-0.4, -0.2) is 15.9 Å². The summed E-state index contributed by atoms with van der Waals surface area (Å²) in [5.74, 6) is 1.66. The smallest absolute Gasteiger partial charge is 0.230 e. The van der Waals surface area contributed by atoms with Gasteiger partial charge in [0.25, 0.3) is 0 Å². The van der Waals surface area contributed by atoms with Crippen molar-refractivity contribution in [1.29, 1.82) is 0 Å². The lowest BCUT2D eigenvalue weighted by Crippen LogP contribution is -1.93. The summed E-state index contributed by atoms with van der Waals surface area (Å²) in [6.45, 7) is 1.99. The van der Waals surface area contributed by atoms with Crippen LogP contribution in [0.25, 0.3) is 0 Å². The monoisotopic (exact) mass is 144 g/mol. The van der Waals surface area contributed by atoms with Gasteiger partial charge in [-0.15, -0.1) is 0 Å². The summed E-state index contributed by atoms with van der Waals surface area (Å²) >= 11 is 4.07. The van der Waals surface area contributed by atoms with Gasteiger partial charge in [0, 0.05) is 11.7 Å². The van der Waals surface area contributed by atoms with Gasteiger partial charge in [0.05, 0.1) is 0 Å². The predicted molar refractivity (Wildman–Crippen MR) is 36.6 cm³/mol. The van der Waals surface area contributed by atoms with E-state index >= 15 is 0 Å². The topological polar surface area (TPSA) is 38.9 Å². The minimum atomic E-state index is 0.260. The Kier molecular flexibility index (Phi) is 2.10. The average Bonchev–Trinajstić information content (AvgIpc) is 2.37. The van der Waals surface area contributed by atoms with Gasteiger partial charge in [0.2, 0.25) is 5.89 Å². The first-order valence-electron chi connectivity index (χ1n) is 2.72. The van der Waals surface area contributed by atoms with Crippen LogP contribution >= 0.6 is 12.6 Å². The molecule has 0 aromatic carbocycles. The molecule has 0 N–H and O–H groups in total. The molecule has 0 saturated heterocycles. The molecule has 0 aliphatic heterocycles. The zero-order chi connectivity index (χ0) is 6.69. The van der Waals surface area contributed by atoms with Crippen LogP contribution in [-0.2, 0) is 0 Å². The summed E-state index contributed by atoms with van der Waals surface area (Å²) in [4.78, 5) is 3.86. The van der Waals surface area contributed by atoms with E-state index in [1.165, 1.54) is 6.33 Å². The Hall–Kier alpha value is -0.510. The molecule has 0 aliphatic rings. The Morgan fingerprint density at radius 1 is 1.89 bits per heavy atom. The van der Waals surface area contributed by atoms with E-state index in [4.69, 9.17) is 4.52 Å². The van der Waals surface area contributed by atoms with Crippen molar-refractivity contribution in [2.75, 3.05) is 5.75 Å². The maximum atomic E-state index is 4.78. The van der Waals surface area contributed by atoms with Crippen LogP contribution in [0.5, 0.6) is 0 Å². The highest BCUT2D eigenvalue weighted by Gasteiger charge is 2.07. The zero-order valence-corrected chi connectivity index (χ0v) is 6.01. The Morgan fingerprint density at radius 2 is 2.67 bits per heavy atom. The molecule has 0 amide bonds. The minimum absolute atomic E-state index is 0.260. The van der Waals surface area contributed by atoms with Crippen LogP contribution < -0.4 is 0 Å². The van der Waals surface area contributed by atoms with Crippen LogP contribution in [0.2, 0.25) is 0 Å². The molecule has 3 nitrogen and oxygen atoms in total. The van der Waals surface area contributed by atoms with Crippen LogP contribution in [0.15, 0.2) is 10.9 Å². The van der Waals surface area contributed by atoms with Crippen molar-refractivity contribution in [3.63, 3.8) is 0 Å². The second-order valence-electron chi connectivity index (χ2n) is 1.86. The molecule has 4 heteroatoms. The standard InChI is InChI=1S/C5H8N2OS/c1-4(2-9)5-6-3-7-8-5/h3-4,9H,2H2,1H3. The molecular formula is C5H8N2OS. The Balaban J connectivity index is 2.65. The Morgan fingerprint density at radius 3 is 3.11 bits per heavy atom. The molecular weight excluding hydrogens is 136 g/mol. The molecule has 50 valence electrons. The second kappa shape index (κ2) is 2.87. The van der Waals surface area contributed by atoms with Crippen LogP contribution in [0.3, 0.4) is 0 Å². The van der Waals surface area contributed by atoms with E-state index in [-0.39, 0.29) is 5.92 Å². The molecule has 0 radical (unpaired) electrons. The van der Waals surface area contributed by atoms with Crippen molar-refractivity contribution < 1.29 is 4.52 Å². The van der Waals surface area contributed by atoms with Gasteiger partial charge in [-0.3, -0.25) is 0 Å². The van der Waals surface area contributed by atoms with E-state index in [1.54, 1.807) is 0 Å². The van der Waals surface area contributed by atoms with Crippen molar-refractivity contribution in [2.24, 2.45) is 0 Å².